The SMILES string of the molecule is O=C(COC(=O)Cc1ccc(F)cc1)Nc1ccnn1C1CCCC1. The molecule has 1 amide bonds. The van der Waals surface area contributed by atoms with Crippen molar-refractivity contribution in [3.05, 3.63) is 47.9 Å². The third-order valence-corrected chi connectivity index (χ3v) is 4.23. The Hall–Kier alpha value is -2.70. The highest BCUT2D eigenvalue weighted by molar-refractivity contribution is 5.92. The van der Waals surface area contributed by atoms with Crippen molar-refractivity contribution in [1.29, 1.82) is 0 Å². The molecule has 1 aromatic heterocycles. The Bertz CT molecular complexity index is 736. The summed E-state index contributed by atoms with van der Waals surface area (Å²) >= 11 is 0. The summed E-state index contributed by atoms with van der Waals surface area (Å²) in [4.78, 5) is 23.8. The Morgan fingerprint density at radius 2 is 1.92 bits per heavy atom. The van der Waals surface area contributed by atoms with Crippen molar-refractivity contribution in [1.82, 2.24) is 9.78 Å². The van der Waals surface area contributed by atoms with E-state index in [1.165, 1.54) is 37.1 Å². The summed E-state index contributed by atoms with van der Waals surface area (Å²) in [5.74, 6) is -0.694. The van der Waals surface area contributed by atoms with Crippen LogP contribution in [0.5, 0.6) is 0 Å². The molecule has 1 aliphatic carbocycles. The summed E-state index contributed by atoms with van der Waals surface area (Å²) in [6.45, 7) is -0.365. The average molecular weight is 345 g/mol. The van der Waals surface area contributed by atoms with Crippen LogP contribution < -0.4 is 5.32 Å². The maximum Gasteiger partial charge on any atom is 0.310 e. The van der Waals surface area contributed by atoms with Gasteiger partial charge in [-0.15, -0.1) is 0 Å². The highest BCUT2D eigenvalue weighted by Crippen LogP contribution is 2.31. The lowest BCUT2D eigenvalue weighted by molar-refractivity contribution is -0.146. The molecule has 1 aromatic carbocycles. The van der Waals surface area contributed by atoms with Crippen molar-refractivity contribution in [2.24, 2.45) is 0 Å². The molecule has 0 aliphatic heterocycles. The fourth-order valence-electron chi connectivity index (χ4n) is 3.00. The zero-order chi connectivity index (χ0) is 17.6. The summed E-state index contributed by atoms with van der Waals surface area (Å²) in [5.41, 5.74) is 0.631. The van der Waals surface area contributed by atoms with Gasteiger partial charge in [-0.05, 0) is 30.5 Å². The number of ether oxygens (including phenoxy) is 1. The predicted molar refractivity (Wildman–Crippen MR) is 89.4 cm³/mol. The van der Waals surface area contributed by atoms with E-state index in [-0.39, 0.29) is 18.8 Å². The first kappa shape index (κ1) is 17.1. The zero-order valence-electron chi connectivity index (χ0n) is 13.8. The van der Waals surface area contributed by atoms with Crippen LogP contribution >= 0.6 is 0 Å². The molecule has 0 spiro atoms. The number of halogens is 1. The number of carbonyl (C=O) groups is 2. The van der Waals surface area contributed by atoms with Crippen molar-refractivity contribution >= 4 is 17.7 Å². The smallest absolute Gasteiger partial charge is 0.310 e. The Morgan fingerprint density at radius 3 is 2.64 bits per heavy atom. The Balaban J connectivity index is 1.47. The van der Waals surface area contributed by atoms with Gasteiger partial charge in [-0.1, -0.05) is 25.0 Å². The molecular formula is C18H20FN3O3. The molecular weight excluding hydrogens is 325 g/mol. The number of benzene rings is 1. The fourth-order valence-corrected chi connectivity index (χ4v) is 3.00. The number of aromatic nitrogens is 2. The van der Waals surface area contributed by atoms with Crippen LogP contribution in [-0.4, -0.2) is 28.3 Å². The number of amides is 1. The minimum atomic E-state index is -0.536. The van der Waals surface area contributed by atoms with Gasteiger partial charge in [0.2, 0.25) is 0 Å². The van der Waals surface area contributed by atoms with Crippen LogP contribution in [0.2, 0.25) is 0 Å². The van der Waals surface area contributed by atoms with Crippen LogP contribution in [0.25, 0.3) is 0 Å². The Kier molecular flexibility index (Phi) is 5.42. The van der Waals surface area contributed by atoms with Crippen LogP contribution in [-0.2, 0) is 20.7 Å². The first-order valence-corrected chi connectivity index (χ1v) is 8.35. The number of carbonyl (C=O) groups excluding carboxylic acids is 2. The number of rotatable bonds is 6. The van der Waals surface area contributed by atoms with Gasteiger partial charge in [-0.25, -0.2) is 9.07 Å². The molecule has 3 rings (SSSR count). The second-order valence-electron chi connectivity index (χ2n) is 6.11. The lowest BCUT2D eigenvalue weighted by atomic mass is 10.1. The molecule has 132 valence electrons. The summed E-state index contributed by atoms with van der Waals surface area (Å²) in [6.07, 6.45) is 6.08. The standard InChI is InChI=1S/C18H20FN3O3/c19-14-7-5-13(6-8-14)11-18(24)25-12-17(23)21-16-9-10-20-22(16)15-3-1-2-4-15/h5-10,15H,1-4,11-12H2,(H,21,23). The molecule has 0 atom stereocenters. The fraction of sp³-hybridized carbons (Fsp3) is 0.389. The quantitative estimate of drug-likeness (QED) is 0.817. The third kappa shape index (κ3) is 4.65. The molecule has 0 bridgehead atoms. The van der Waals surface area contributed by atoms with Crippen molar-refractivity contribution < 1.29 is 18.7 Å². The largest absolute Gasteiger partial charge is 0.455 e. The van der Waals surface area contributed by atoms with E-state index in [0.717, 1.165) is 12.8 Å². The van der Waals surface area contributed by atoms with Crippen molar-refractivity contribution in [2.75, 3.05) is 11.9 Å². The van der Waals surface area contributed by atoms with E-state index in [9.17, 15) is 14.0 Å². The van der Waals surface area contributed by atoms with Gasteiger partial charge in [0.25, 0.3) is 5.91 Å². The second-order valence-corrected chi connectivity index (χ2v) is 6.11. The number of nitrogens with zero attached hydrogens (tertiary/aromatic N) is 2. The average Bonchev–Trinajstić information content (AvgIpc) is 3.26. The zero-order valence-corrected chi connectivity index (χ0v) is 13.8. The molecule has 6 nitrogen and oxygen atoms in total. The summed E-state index contributed by atoms with van der Waals surface area (Å²) in [7, 11) is 0. The number of anilines is 1. The molecule has 7 heteroatoms. The van der Waals surface area contributed by atoms with Gasteiger partial charge in [0.15, 0.2) is 6.61 Å². The molecule has 1 aliphatic rings. The molecule has 0 saturated heterocycles. The van der Waals surface area contributed by atoms with Gasteiger partial charge in [0, 0.05) is 6.07 Å². The van der Waals surface area contributed by atoms with Crippen LogP contribution in [0, 0.1) is 5.82 Å². The minimum Gasteiger partial charge on any atom is -0.455 e. The lowest BCUT2D eigenvalue weighted by Crippen LogP contribution is -2.23. The van der Waals surface area contributed by atoms with Gasteiger partial charge in [-0.3, -0.25) is 9.59 Å². The highest BCUT2D eigenvalue weighted by Gasteiger charge is 2.20. The third-order valence-electron chi connectivity index (χ3n) is 4.23. The lowest BCUT2D eigenvalue weighted by Gasteiger charge is -2.14. The molecule has 1 fully saturated rings. The Labute approximate surface area is 145 Å². The van der Waals surface area contributed by atoms with Gasteiger partial charge >= 0.3 is 5.97 Å². The van der Waals surface area contributed by atoms with Gasteiger partial charge in [-0.2, -0.15) is 5.10 Å². The molecule has 25 heavy (non-hydrogen) atoms. The van der Waals surface area contributed by atoms with Crippen molar-refractivity contribution in [2.45, 2.75) is 38.1 Å². The van der Waals surface area contributed by atoms with E-state index in [1.807, 2.05) is 4.68 Å². The molecule has 1 heterocycles. The number of hydrogen-bond donors (Lipinski definition) is 1. The van der Waals surface area contributed by atoms with Gasteiger partial charge in [0.05, 0.1) is 18.7 Å². The maximum absolute atomic E-state index is 12.8. The summed E-state index contributed by atoms with van der Waals surface area (Å²) < 4.78 is 19.6. The van der Waals surface area contributed by atoms with Crippen molar-refractivity contribution in [3.63, 3.8) is 0 Å². The predicted octanol–water partition coefficient (Wildman–Crippen LogP) is 2.86. The second kappa shape index (κ2) is 7.92. The van der Waals surface area contributed by atoms with Crippen molar-refractivity contribution in [3.8, 4) is 0 Å². The first-order chi connectivity index (χ1) is 12.1. The van der Waals surface area contributed by atoms with E-state index in [0.29, 0.717) is 17.4 Å². The summed E-state index contributed by atoms with van der Waals surface area (Å²) in [5, 5.41) is 7.00. The van der Waals surface area contributed by atoms with E-state index < -0.39 is 11.9 Å². The topological polar surface area (TPSA) is 73.2 Å². The van der Waals surface area contributed by atoms with Crippen LogP contribution in [0.1, 0.15) is 37.3 Å². The van der Waals surface area contributed by atoms with E-state index in [1.54, 1.807) is 12.3 Å². The van der Waals surface area contributed by atoms with E-state index in [2.05, 4.69) is 10.4 Å². The normalized spacial score (nSPS) is 14.4. The maximum atomic E-state index is 12.8. The van der Waals surface area contributed by atoms with Gasteiger partial charge < -0.3 is 10.1 Å². The number of esters is 1. The number of nitrogens with one attached hydrogen (secondary N) is 1. The molecule has 0 radical (unpaired) electrons. The Morgan fingerprint density at radius 1 is 1.20 bits per heavy atom. The molecule has 1 N–H and O–H groups in total. The minimum absolute atomic E-state index is 0.00638. The molecule has 1 saturated carbocycles. The van der Waals surface area contributed by atoms with E-state index in [4.69, 9.17) is 4.74 Å². The highest BCUT2D eigenvalue weighted by atomic mass is 19.1. The monoisotopic (exact) mass is 345 g/mol. The summed E-state index contributed by atoms with van der Waals surface area (Å²) in [6, 6.07) is 7.62. The number of hydrogen-bond acceptors (Lipinski definition) is 4. The van der Waals surface area contributed by atoms with Crippen LogP contribution in [0.3, 0.4) is 0 Å². The molecule has 0 unspecified atom stereocenters. The van der Waals surface area contributed by atoms with Crippen LogP contribution in [0.4, 0.5) is 10.2 Å². The first-order valence-electron chi connectivity index (χ1n) is 8.35. The van der Waals surface area contributed by atoms with Crippen LogP contribution in [0.15, 0.2) is 36.5 Å². The molecule has 2 aromatic rings. The van der Waals surface area contributed by atoms with Gasteiger partial charge in [0.1, 0.15) is 11.6 Å². The van der Waals surface area contributed by atoms with E-state index >= 15 is 0 Å².